The van der Waals surface area contributed by atoms with Crippen LogP contribution in [0.5, 0.6) is 5.75 Å². The molecule has 5 nitrogen and oxygen atoms in total. The fourth-order valence-electron chi connectivity index (χ4n) is 2.98. The first-order valence-electron chi connectivity index (χ1n) is 8.14. The molecule has 0 spiro atoms. The number of phenolic OH excluding ortho intramolecular Hbond substituents is 1. The molecule has 1 aliphatic heterocycles. The monoisotopic (exact) mass is 380 g/mol. The van der Waals surface area contributed by atoms with E-state index in [0.717, 1.165) is 31.9 Å². The van der Waals surface area contributed by atoms with Gasteiger partial charge in [0.25, 0.3) is 5.91 Å². The molecule has 0 unspecified atom stereocenters. The maximum absolute atomic E-state index is 12.2. The first-order valence-corrected chi connectivity index (χ1v) is 8.90. The van der Waals surface area contributed by atoms with Crippen LogP contribution < -0.4 is 15.1 Å². The van der Waals surface area contributed by atoms with Gasteiger partial charge in [-0.15, -0.1) is 0 Å². The average molecular weight is 381 g/mol. The topological polar surface area (TPSA) is 57.0 Å². The van der Waals surface area contributed by atoms with E-state index in [-0.39, 0.29) is 5.91 Å². The minimum absolute atomic E-state index is 0.0739. The van der Waals surface area contributed by atoms with Gasteiger partial charge in [0.2, 0.25) is 0 Å². The molecule has 3 rings (SSSR count). The summed E-state index contributed by atoms with van der Waals surface area (Å²) in [5.41, 5.74) is 1.42. The molecule has 1 amide bonds. The zero-order valence-electron chi connectivity index (χ0n) is 13.6. The van der Waals surface area contributed by atoms with E-state index >= 15 is 0 Å². The Balaban J connectivity index is 1.52. The van der Waals surface area contributed by atoms with Gasteiger partial charge in [-0.25, -0.2) is 0 Å². The van der Waals surface area contributed by atoms with E-state index in [1.807, 2.05) is 18.2 Å². The third kappa shape index (κ3) is 4.57. The lowest BCUT2D eigenvalue weighted by molar-refractivity contribution is -0.892. The van der Waals surface area contributed by atoms with Gasteiger partial charge < -0.3 is 20.2 Å². The number of amides is 1. The molecule has 2 aromatic carbocycles. The number of hydrogen-bond donors (Lipinski definition) is 3. The Morgan fingerprint density at radius 1 is 1.16 bits per heavy atom. The second kappa shape index (κ2) is 7.95. The number of rotatable bonds is 4. The first kappa shape index (κ1) is 17.9. The molecule has 0 bridgehead atoms. The van der Waals surface area contributed by atoms with Crippen LogP contribution in [-0.4, -0.2) is 43.7 Å². The quantitative estimate of drug-likeness (QED) is 0.760. The van der Waals surface area contributed by atoms with Crippen molar-refractivity contribution in [2.45, 2.75) is 0 Å². The van der Waals surface area contributed by atoms with E-state index in [1.54, 1.807) is 24.3 Å². The van der Waals surface area contributed by atoms with Crippen LogP contribution in [0.4, 0.5) is 11.4 Å². The van der Waals surface area contributed by atoms with Crippen molar-refractivity contribution in [3.63, 3.8) is 0 Å². The standard InChI is InChI=1S/C18H19Cl2N3O2/c19-13-5-6-15(14(20)11-13)21-18(25)12-22-7-9-23(10-8-22)16-3-1-2-4-17(16)24/h1-6,11,24H,7-10,12H2,(H,21,25)/p+1. The van der Waals surface area contributed by atoms with Gasteiger partial charge in [-0.05, 0) is 30.3 Å². The van der Waals surface area contributed by atoms with Crippen LogP contribution >= 0.6 is 23.2 Å². The molecule has 132 valence electrons. The van der Waals surface area contributed by atoms with E-state index in [2.05, 4.69) is 10.2 Å². The van der Waals surface area contributed by atoms with Gasteiger partial charge in [0.05, 0.1) is 42.6 Å². The molecule has 1 saturated heterocycles. The molecule has 25 heavy (non-hydrogen) atoms. The number of quaternary nitrogens is 1. The number of phenols is 1. The predicted molar refractivity (Wildman–Crippen MR) is 101 cm³/mol. The highest BCUT2D eigenvalue weighted by Gasteiger charge is 2.23. The fraction of sp³-hybridized carbons (Fsp3) is 0.278. The molecule has 3 N–H and O–H groups in total. The molecule has 0 aromatic heterocycles. The van der Waals surface area contributed by atoms with Crippen LogP contribution in [0.3, 0.4) is 0 Å². The zero-order chi connectivity index (χ0) is 17.8. The number of aromatic hydroxyl groups is 1. The van der Waals surface area contributed by atoms with Gasteiger partial charge in [-0.2, -0.15) is 0 Å². The molecular formula is C18H20Cl2N3O2+. The number of carbonyl (C=O) groups is 1. The molecule has 0 atom stereocenters. The maximum atomic E-state index is 12.2. The summed E-state index contributed by atoms with van der Waals surface area (Å²) in [4.78, 5) is 15.6. The summed E-state index contributed by atoms with van der Waals surface area (Å²) in [6.45, 7) is 3.63. The minimum atomic E-state index is -0.0739. The van der Waals surface area contributed by atoms with Crippen molar-refractivity contribution in [3.8, 4) is 5.75 Å². The average Bonchev–Trinajstić information content (AvgIpc) is 2.59. The number of nitrogens with zero attached hydrogens (tertiary/aromatic N) is 1. The van der Waals surface area contributed by atoms with Crippen LogP contribution in [0.15, 0.2) is 42.5 Å². The van der Waals surface area contributed by atoms with Gasteiger partial charge in [0.15, 0.2) is 6.54 Å². The predicted octanol–water partition coefficient (Wildman–Crippen LogP) is 2.04. The SMILES string of the molecule is O=C(C[NH+]1CCN(c2ccccc2O)CC1)Nc1ccc(Cl)cc1Cl. The summed E-state index contributed by atoms with van der Waals surface area (Å²) >= 11 is 11.9. The summed E-state index contributed by atoms with van der Waals surface area (Å²) in [5, 5.41) is 13.7. The summed E-state index contributed by atoms with van der Waals surface area (Å²) in [6, 6.07) is 12.3. The van der Waals surface area contributed by atoms with Crippen LogP contribution in [0, 0.1) is 0 Å². The highest BCUT2D eigenvalue weighted by atomic mass is 35.5. The van der Waals surface area contributed by atoms with Gasteiger partial charge in [-0.3, -0.25) is 4.79 Å². The van der Waals surface area contributed by atoms with Gasteiger partial charge >= 0.3 is 0 Å². The molecule has 1 aliphatic rings. The second-order valence-electron chi connectivity index (χ2n) is 6.07. The van der Waals surface area contributed by atoms with Crippen molar-refractivity contribution < 1.29 is 14.8 Å². The number of benzene rings is 2. The number of para-hydroxylation sites is 2. The Bertz CT molecular complexity index is 762. The number of anilines is 2. The third-order valence-corrected chi connectivity index (χ3v) is 4.86. The fourth-order valence-corrected chi connectivity index (χ4v) is 3.44. The number of carbonyl (C=O) groups excluding carboxylic acids is 1. The minimum Gasteiger partial charge on any atom is -0.506 e. The molecule has 0 radical (unpaired) electrons. The Morgan fingerprint density at radius 2 is 1.88 bits per heavy atom. The van der Waals surface area contributed by atoms with Crippen LogP contribution in [0.2, 0.25) is 10.0 Å². The molecule has 1 fully saturated rings. The van der Waals surface area contributed by atoms with Gasteiger partial charge in [0, 0.05) is 5.02 Å². The lowest BCUT2D eigenvalue weighted by Gasteiger charge is -2.33. The first-order chi connectivity index (χ1) is 12.0. The van der Waals surface area contributed by atoms with E-state index in [0.29, 0.717) is 28.0 Å². The van der Waals surface area contributed by atoms with Gasteiger partial charge in [0.1, 0.15) is 5.75 Å². The largest absolute Gasteiger partial charge is 0.506 e. The van der Waals surface area contributed by atoms with Crippen molar-refractivity contribution in [3.05, 3.63) is 52.5 Å². The van der Waals surface area contributed by atoms with Crippen LogP contribution in [0.25, 0.3) is 0 Å². The summed E-state index contributed by atoms with van der Waals surface area (Å²) in [6.07, 6.45) is 0. The van der Waals surface area contributed by atoms with E-state index in [1.165, 1.54) is 4.90 Å². The number of hydrogen-bond acceptors (Lipinski definition) is 3. The molecule has 2 aromatic rings. The Labute approximate surface area is 156 Å². The number of piperazine rings is 1. The lowest BCUT2D eigenvalue weighted by Crippen LogP contribution is -3.15. The van der Waals surface area contributed by atoms with Crippen molar-refractivity contribution in [2.24, 2.45) is 0 Å². The molecule has 1 heterocycles. The Morgan fingerprint density at radius 3 is 2.56 bits per heavy atom. The van der Waals surface area contributed by atoms with Crippen molar-refractivity contribution in [1.82, 2.24) is 0 Å². The molecule has 7 heteroatoms. The third-order valence-electron chi connectivity index (χ3n) is 4.31. The summed E-state index contributed by atoms with van der Waals surface area (Å²) < 4.78 is 0. The van der Waals surface area contributed by atoms with E-state index in [4.69, 9.17) is 23.2 Å². The maximum Gasteiger partial charge on any atom is 0.279 e. The zero-order valence-corrected chi connectivity index (χ0v) is 15.1. The van der Waals surface area contributed by atoms with Crippen molar-refractivity contribution in [2.75, 3.05) is 42.9 Å². The highest BCUT2D eigenvalue weighted by molar-refractivity contribution is 6.36. The second-order valence-corrected chi connectivity index (χ2v) is 6.92. The lowest BCUT2D eigenvalue weighted by atomic mass is 10.2. The number of nitrogens with one attached hydrogen (secondary N) is 2. The van der Waals surface area contributed by atoms with Crippen molar-refractivity contribution >= 4 is 40.5 Å². The summed E-state index contributed by atoms with van der Waals surface area (Å²) in [5.74, 6) is 0.219. The molecule has 0 aliphatic carbocycles. The molecule has 0 saturated carbocycles. The number of halogens is 2. The normalized spacial score (nSPS) is 15.2. The van der Waals surface area contributed by atoms with Gasteiger partial charge in [-0.1, -0.05) is 35.3 Å². The smallest absolute Gasteiger partial charge is 0.279 e. The molecular weight excluding hydrogens is 361 g/mol. The van der Waals surface area contributed by atoms with Crippen molar-refractivity contribution in [1.29, 1.82) is 0 Å². The highest BCUT2D eigenvalue weighted by Crippen LogP contribution is 2.26. The Hall–Kier alpha value is -1.95. The van der Waals surface area contributed by atoms with E-state index < -0.39 is 0 Å². The van der Waals surface area contributed by atoms with Crippen LogP contribution in [0.1, 0.15) is 0 Å². The van der Waals surface area contributed by atoms with Crippen LogP contribution in [-0.2, 0) is 4.79 Å². The Kier molecular flexibility index (Phi) is 5.68. The van der Waals surface area contributed by atoms with E-state index in [9.17, 15) is 9.90 Å². The summed E-state index contributed by atoms with van der Waals surface area (Å²) in [7, 11) is 0.